The highest BCUT2D eigenvalue weighted by molar-refractivity contribution is 6.07. The molecule has 1 heterocycles. The average Bonchev–Trinajstić information content (AvgIpc) is 2.70. The molecule has 1 aromatic carbocycles. The molecule has 0 unspecified atom stereocenters. The number of nitrogens with one attached hydrogen (secondary N) is 2. The quantitative estimate of drug-likeness (QED) is 0.665. The van der Waals surface area contributed by atoms with Crippen LogP contribution in [0.5, 0.6) is 0 Å². The second kappa shape index (κ2) is 9.17. The van der Waals surface area contributed by atoms with Crippen LogP contribution in [0.4, 0.5) is 11.5 Å². The van der Waals surface area contributed by atoms with Crippen molar-refractivity contribution in [3.05, 3.63) is 64.9 Å². The molecule has 1 aliphatic carbocycles. The van der Waals surface area contributed by atoms with E-state index in [2.05, 4.69) is 21.7 Å². The van der Waals surface area contributed by atoms with Crippen molar-refractivity contribution >= 4 is 23.3 Å². The minimum atomic E-state index is -0.286. The number of anilines is 2. The number of allylic oxidation sites excluding steroid dienone is 1. The zero-order valence-corrected chi connectivity index (χ0v) is 16.1. The van der Waals surface area contributed by atoms with Crippen LogP contribution in [0.2, 0.25) is 0 Å². The molecule has 0 spiro atoms. The van der Waals surface area contributed by atoms with E-state index in [9.17, 15) is 9.59 Å². The first-order valence-electron chi connectivity index (χ1n) is 9.62. The van der Waals surface area contributed by atoms with Gasteiger partial charge in [-0.15, -0.1) is 0 Å². The Morgan fingerprint density at radius 1 is 1.14 bits per heavy atom. The number of carbonyl (C=O) groups excluding carboxylic acids is 2. The minimum absolute atomic E-state index is 0.167. The van der Waals surface area contributed by atoms with Crippen molar-refractivity contribution in [1.29, 1.82) is 0 Å². The summed E-state index contributed by atoms with van der Waals surface area (Å²) in [6, 6.07) is 8.46. The predicted octanol–water partition coefficient (Wildman–Crippen LogP) is 3.84. The van der Waals surface area contributed by atoms with Crippen molar-refractivity contribution < 1.29 is 9.59 Å². The Hall–Kier alpha value is -3.15. The third-order valence-electron chi connectivity index (χ3n) is 4.91. The molecule has 146 valence electrons. The van der Waals surface area contributed by atoms with Crippen LogP contribution in [0.3, 0.4) is 0 Å². The molecular weight excluding hydrogens is 352 g/mol. The second-order valence-electron chi connectivity index (χ2n) is 7.07. The van der Waals surface area contributed by atoms with Crippen LogP contribution in [-0.4, -0.2) is 23.3 Å². The maximum Gasteiger partial charge on any atom is 0.255 e. The molecule has 0 bridgehead atoms. The monoisotopic (exact) mass is 378 g/mol. The second-order valence-corrected chi connectivity index (χ2v) is 7.07. The average molecular weight is 378 g/mol. The molecule has 2 aromatic rings. The predicted molar refractivity (Wildman–Crippen MR) is 111 cm³/mol. The van der Waals surface area contributed by atoms with Crippen LogP contribution in [0.15, 0.2) is 48.2 Å². The lowest BCUT2D eigenvalue weighted by Crippen LogP contribution is -2.25. The van der Waals surface area contributed by atoms with Crippen LogP contribution in [0.25, 0.3) is 0 Å². The fourth-order valence-electron chi connectivity index (χ4n) is 3.26. The lowest BCUT2D eigenvalue weighted by Gasteiger charge is -2.13. The molecule has 0 atom stereocenters. The van der Waals surface area contributed by atoms with Gasteiger partial charge in [0.15, 0.2) is 0 Å². The van der Waals surface area contributed by atoms with Crippen LogP contribution < -0.4 is 16.4 Å². The van der Waals surface area contributed by atoms with Crippen molar-refractivity contribution in [2.45, 2.75) is 39.0 Å². The molecule has 2 amide bonds. The molecule has 28 heavy (non-hydrogen) atoms. The summed E-state index contributed by atoms with van der Waals surface area (Å²) < 4.78 is 0. The number of rotatable bonds is 6. The van der Waals surface area contributed by atoms with Crippen molar-refractivity contribution in [2.24, 2.45) is 0 Å². The van der Waals surface area contributed by atoms with Gasteiger partial charge in [-0.25, -0.2) is 4.98 Å². The van der Waals surface area contributed by atoms with Gasteiger partial charge in [0.05, 0.1) is 11.9 Å². The number of nitrogens with zero attached hydrogens (tertiary/aromatic N) is 1. The number of amides is 2. The molecule has 1 aromatic heterocycles. The van der Waals surface area contributed by atoms with Crippen LogP contribution in [-0.2, 0) is 0 Å². The molecular formula is C22H26N4O2. The molecule has 0 aliphatic heterocycles. The summed E-state index contributed by atoms with van der Waals surface area (Å²) in [6.45, 7) is 2.45. The highest BCUT2D eigenvalue weighted by Gasteiger charge is 2.14. The van der Waals surface area contributed by atoms with Gasteiger partial charge in [0, 0.05) is 17.7 Å². The summed E-state index contributed by atoms with van der Waals surface area (Å²) in [5.74, 6) is -0.0671. The molecule has 3 rings (SSSR count). The fourth-order valence-corrected chi connectivity index (χ4v) is 3.26. The van der Waals surface area contributed by atoms with Crippen molar-refractivity contribution in [3.8, 4) is 0 Å². The summed E-state index contributed by atoms with van der Waals surface area (Å²) in [5, 5.41) is 5.73. The van der Waals surface area contributed by atoms with Gasteiger partial charge in [-0.1, -0.05) is 17.7 Å². The Kier molecular flexibility index (Phi) is 6.42. The topological polar surface area (TPSA) is 97.1 Å². The smallest absolute Gasteiger partial charge is 0.255 e. The van der Waals surface area contributed by atoms with E-state index in [1.807, 2.05) is 6.92 Å². The van der Waals surface area contributed by atoms with Crippen molar-refractivity contribution in [2.75, 3.05) is 17.6 Å². The third kappa shape index (κ3) is 5.19. The molecule has 0 fully saturated rings. The van der Waals surface area contributed by atoms with Gasteiger partial charge in [0.25, 0.3) is 11.8 Å². The van der Waals surface area contributed by atoms with E-state index in [0.717, 1.165) is 24.8 Å². The fraction of sp³-hybridized carbons (Fsp3) is 0.318. The largest absolute Gasteiger partial charge is 0.384 e. The van der Waals surface area contributed by atoms with Crippen LogP contribution >= 0.6 is 0 Å². The normalized spacial score (nSPS) is 13.5. The molecule has 4 N–H and O–H groups in total. The van der Waals surface area contributed by atoms with E-state index in [4.69, 9.17) is 5.73 Å². The van der Waals surface area contributed by atoms with Gasteiger partial charge in [0.1, 0.15) is 5.82 Å². The SMILES string of the molecule is Cc1ccc(C(=O)NCCC2=CCCCC2)cc1C(=O)Nc1ccc(N)nc1. The number of hydrogen-bond acceptors (Lipinski definition) is 4. The Balaban J connectivity index is 1.62. The van der Waals surface area contributed by atoms with Crippen molar-refractivity contribution in [3.63, 3.8) is 0 Å². The van der Waals surface area contributed by atoms with Gasteiger partial charge >= 0.3 is 0 Å². The van der Waals surface area contributed by atoms with Gasteiger partial charge in [-0.05, 0) is 68.9 Å². The number of pyridine rings is 1. The standard InChI is InChI=1S/C22H26N4O2/c1-15-7-8-17(21(27)24-12-11-16-5-3-2-4-6-16)13-19(15)22(28)26-18-9-10-20(23)25-14-18/h5,7-10,13-14H,2-4,6,11-12H2,1H3,(H2,23,25)(H,24,27)(H,26,28). The number of carbonyl (C=O) groups is 2. The summed E-state index contributed by atoms with van der Waals surface area (Å²) in [5.41, 5.74) is 9.27. The van der Waals surface area contributed by atoms with Crippen molar-refractivity contribution in [1.82, 2.24) is 10.3 Å². The summed E-state index contributed by atoms with van der Waals surface area (Å²) >= 11 is 0. The Morgan fingerprint density at radius 3 is 2.71 bits per heavy atom. The number of nitrogens with two attached hydrogens (primary N) is 1. The lowest BCUT2D eigenvalue weighted by atomic mass is 9.97. The summed E-state index contributed by atoms with van der Waals surface area (Å²) in [7, 11) is 0. The van der Waals surface area contributed by atoms with E-state index < -0.39 is 0 Å². The van der Waals surface area contributed by atoms with E-state index in [0.29, 0.717) is 29.2 Å². The Bertz CT molecular complexity index is 888. The lowest BCUT2D eigenvalue weighted by molar-refractivity contribution is 0.0954. The molecule has 0 radical (unpaired) electrons. The molecule has 0 saturated carbocycles. The van der Waals surface area contributed by atoms with Crippen LogP contribution in [0.1, 0.15) is 58.4 Å². The minimum Gasteiger partial charge on any atom is -0.384 e. The molecule has 1 aliphatic rings. The molecule has 0 saturated heterocycles. The summed E-state index contributed by atoms with van der Waals surface area (Å²) in [6.07, 6.45) is 9.44. The summed E-state index contributed by atoms with van der Waals surface area (Å²) in [4.78, 5) is 29.0. The first kappa shape index (κ1) is 19.6. The Labute approximate surface area is 165 Å². The van der Waals surface area contributed by atoms with E-state index in [-0.39, 0.29) is 11.8 Å². The number of aryl methyl sites for hydroxylation is 1. The number of benzene rings is 1. The zero-order chi connectivity index (χ0) is 19.9. The maximum atomic E-state index is 12.6. The maximum absolute atomic E-state index is 12.6. The first-order valence-corrected chi connectivity index (χ1v) is 9.62. The third-order valence-corrected chi connectivity index (χ3v) is 4.91. The van der Waals surface area contributed by atoms with E-state index in [1.54, 1.807) is 30.3 Å². The van der Waals surface area contributed by atoms with Gasteiger partial charge in [0.2, 0.25) is 0 Å². The molecule has 6 nitrogen and oxygen atoms in total. The number of hydrogen-bond donors (Lipinski definition) is 3. The zero-order valence-electron chi connectivity index (χ0n) is 16.1. The molecule has 6 heteroatoms. The highest BCUT2D eigenvalue weighted by atomic mass is 16.2. The van der Waals surface area contributed by atoms with Gasteiger partial charge in [-0.3, -0.25) is 9.59 Å². The first-order chi connectivity index (χ1) is 13.5. The van der Waals surface area contributed by atoms with E-state index in [1.165, 1.54) is 24.6 Å². The number of nitrogen functional groups attached to an aromatic ring is 1. The van der Waals surface area contributed by atoms with Crippen LogP contribution in [0, 0.1) is 6.92 Å². The van der Waals surface area contributed by atoms with E-state index >= 15 is 0 Å². The Morgan fingerprint density at radius 2 is 2.00 bits per heavy atom. The van der Waals surface area contributed by atoms with Gasteiger partial charge in [-0.2, -0.15) is 0 Å². The van der Waals surface area contributed by atoms with Gasteiger partial charge < -0.3 is 16.4 Å². The highest BCUT2D eigenvalue weighted by Crippen LogP contribution is 2.19. The number of aromatic nitrogens is 1.